The monoisotopic (exact) mass is 260 g/mol. The molecule has 4 nitrogen and oxygen atoms in total. The summed E-state index contributed by atoms with van der Waals surface area (Å²) in [5.41, 5.74) is 0. The van der Waals surface area contributed by atoms with Gasteiger partial charge in [-0.25, -0.2) is 4.79 Å². The summed E-state index contributed by atoms with van der Waals surface area (Å²) in [6.07, 6.45) is 1.38. The summed E-state index contributed by atoms with van der Waals surface area (Å²) in [4.78, 5) is 10.9. The van der Waals surface area contributed by atoms with Crippen LogP contribution in [0.5, 0.6) is 0 Å². The zero-order chi connectivity index (χ0) is 13.5. The minimum absolute atomic E-state index is 0.112. The topological polar surface area (TPSA) is 44.8 Å². The van der Waals surface area contributed by atoms with E-state index in [1.165, 1.54) is 0 Å². The normalized spacial score (nSPS) is 11.9. The van der Waals surface area contributed by atoms with Gasteiger partial charge in [0.15, 0.2) is 0 Å². The second kappa shape index (κ2) is 7.63. The molecule has 0 bridgehead atoms. The Hall–Kier alpha value is -0.653. The van der Waals surface area contributed by atoms with E-state index in [9.17, 15) is 4.79 Å². The summed E-state index contributed by atoms with van der Waals surface area (Å²) in [5, 5.41) is 0. The molecule has 0 saturated heterocycles. The van der Waals surface area contributed by atoms with Gasteiger partial charge in [0.2, 0.25) is 0 Å². The van der Waals surface area contributed by atoms with E-state index in [1.807, 2.05) is 34.2 Å². The number of carbonyl (C=O) groups excluding carboxylic acids is 1. The van der Waals surface area contributed by atoms with Crippen LogP contribution in [0.1, 0.15) is 27.7 Å². The molecule has 0 spiro atoms. The molecule has 0 heterocycles. The third kappa shape index (κ3) is 8.12. The van der Waals surface area contributed by atoms with Crippen LogP contribution in [0.15, 0.2) is 12.7 Å². The zero-order valence-corrected chi connectivity index (χ0v) is 12.5. The third-order valence-corrected chi connectivity index (χ3v) is 4.99. The van der Waals surface area contributed by atoms with Crippen molar-refractivity contribution in [3.8, 4) is 0 Å². The van der Waals surface area contributed by atoms with E-state index in [-0.39, 0.29) is 12.2 Å². The Kier molecular flexibility index (Phi) is 7.34. The minimum Gasteiger partial charge on any atom is -0.463 e. The molecule has 0 amide bonds. The highest BCUT2D eigenvalue weighted by atomic mass is 28.4. The second-order valence-electron chi connectivity index (χ2n) is 4.59. The van der Waals surface area contributed by atoms with Gasteiger partial charge in [-0.05, 0) is 34.2 Å². The van der Waals surface area contributed by atoms with Gasteiger partial charge in [-0.2, -0.15) is 0 Å². The maximum Gasteiger partial charge on any atom is 0.338 e. The SMILES string of the molecule is C=CC(=O)OCC[Si](C)(OC(C)C)OC(C)C. The van der Waals surface area contributed by atoms with Gasteiger partial charge in [0.25, 0.3) is 0 Å². The average Bonchev–Trinajstić information content (AvgIpc) is 2.14. The molecule has 0 fully saturated rings. The minimum atomic E-state index is -2.27. The summed E-state index contributed by atoms with van der Waals surface area (Å²) in [5.74, 6) is -0.407. The summed E-state index contributed by atoms with van der Waals surface area (Å²) in [6.45, 7) is 13.6. The third-order valence-electron chi connectivity index (χ3n) is 1.94. The molecule has 0 aliphatic heterocycles. The molecule has 0 N–H and O–H groups in total. The van der Waals surface area contributed by atoms with E-state index in [4.69, 9.17) is 13.6 Å². The van der Waals surface area contributed by atoms with Crippen molar-refractivity contribution in [3.05, 3.63) is 12.7 Å². The molecular weight excluding hydrogens is 236 g/mol. The van der Waals surface area contributed by atoms with Gasteiger partial charge < -0.3 is 13.6 Å². The molecule has 0 rings (SSSR count). The maximum atomic E-state index is 10.9. The Balaban J connectivity index is 4.27. The van der Waals surface area contributed by atoms with Crippen LogP contribution in [0.2, 0.25) is 12.6 Å². The van der Waals surface area contributed by atoms with Crippen LogP contribution >= 0.6 is 0 Å². The Bertz CT molecular complexity index is 241. The molecule has 0 aromatic carbocycles. The number of rotatable bonds is 8. The molecule has 100 valence electrons. The molecule has 0 aliphatic rings. The molecule has 0 aromatic rings. The van der Waals surface area contributed by atoms with Crippen LogP contribution in [0, 0.1) is 0 Å². The standard InChI is InChI=1S/C12H24O4Si/c1-7-12(13)14-8-9-17(6,15-10(2)3)16-11(4)5/h7,10-11H,1,8-9H2,2-6H3. The number of hydrogen-bond acceptors (Lipinski definition) is 4. The van der Waals surface area contributed by atoms with Gasteiger partial charge >= 0.3 is 14.5 Å². The van der Waals surface area contributed by atoms with Gasteiger partial charge in [-0.15, -0.1) is 0 Å². The molecule has 0 atom stereocenters. The number of hydrogen-bond donors (Lipinski definition) is 0. The smallest absolute Gasteiger partial charge is 0.338 e. The summed E-state index contributed by atoms with van der Waals surface area (Å²) < 4.78 is 16.7. The lowest BCUT2D eigenvalue weighted by atomic mass is 10.5. The van der Waals surface area contributed by atoms with Crippen molar-refractivity contribution in [2.24, 2.45) is 0 Å². The molecule has 0 radical (unpaired) electrons. The van der Waals surface area contributed by atoms with E-state index in [0.717, 1.165) is 6.08 Å². The van der Waals surface area contributed by atoms with E-state index in [1.54, 1.807) is 0 Å². The number of esters is 1. The van der Waals surface area contributed by atoms with E-state index in [0.29, 0.717) is 12.7 Å². The van der Waals surface area contributed by atoms with Crippen molar-refractivity contribution < 1.29 is 18.4 Å². The van der Waals surface area contributed by atoms with Gasteiger partial charge in [-0.3, -0.25) is 0 Å². The first kappa shape index (κ1) is 16.3. The lowest BCUT2D eigenvalue weighted by molar-refractivity contribution is -0.137. The average molecular weight is 260 g/mol. The van der Waals surface area contributed by atoms with Gasteiger partial charge in [0, 0.05) is 24.3 Å². The highest BCUT2D eigenvalue weighted by molar-refractivity contribution is 6.66. The fourth-order valence-corrected chi connectivity index (χ4v) is 4.30. The van der Waals surface area contributed by atoms with Crippen LogP contribution in [0.4, 0.5) is 0 Å². The summed E-state index contributed by atoms with van der Waals surface area (Å²) >= 11 is 0. The fraction of sp³-hybridized carbons (Fsp3) is 0.750. The van der Waals surface area contributed by atoms with Crippen LogP contribution in [-0.2, 0) is 18.4 Å². The predicted molar refractivity (Wildman–Crippen MR) is 70.0 cm³/mol. The van der Waals surface area contributed by atoms with E-state index in [2.05, 4.69) is 6.58 Å². The van der Waals surface area contributed by atoms with E-state index >= 15 is 0 Å². The van der Waals surface area contributed by atoms with Crippen LogP contribution in [-0.4, -0.2) is 33.3 Å². The van der Waals surface area contributed by atoms with Gasteiger partial charge in [-0.1, -0.05) is 6.58 Å². The van der Waals surface area contributed by atoms with Crippen molar-refractivity contribution in [3.63, 3.8) is 0 Å². The molecule has 0 aliphatic carbocycles. The van der Waals surface area contributed by atoms with Crippen molar-refractivity contribution in [1.82, 2.24) is 0 Å². The lowest BCUT2D eigenvalue weighted by Crippen LogP contribution is -2.44. The quantitative estimate of drug-likeness (QED) is 0.382. The van der Waals surface area contributed by atoms with Crippen molar-refractivity contribution >= 4 is 14.5 Å². The highest BCUT2D eigenvalue weighted by Gasteiger charge is 2.34. The molecular formula is C12H24O4Si. The first-order chi connectivity index (χ1) is 7.79. The number of ether oxygens (including phenoxy) is 1. The van der Waals surface area contributed by atoms with Crippen LogP contribution < -0.4 is 0 Å². The van der Waals surface area contributed by atoms with Gasteiger partial charge in [0.05, 0.1) is 6.61 Å². The van der Waals surface area contributed by atoms with Crippen LogP contribution in [0.25, 0.3) is 0 Å². The summed E-state index contributed by atoms with van der Waals surface area (Å²) in [6, 6.07) is 0.628. The second-order valence-corrected chi connectivity index (χ2v) is 7.83. The first-order valence-electron chi connectivity index (χ1n) is 5.94. The van der Waals surface area contributed by atoms with Crippen molar-refractivity contribution in [1.29, 1.82) is 0 Å². The molecule has 0 unspecified atom stereocenters. The van der Waals surface area contributed by atoms with Crippen molar-refractivity contribution in [2.45, 2.75) is 52.5 Å². The molecule has 0 saturated carbocycles. The first-order valence-corrected chi connectivity index (χ1v) is 8.46. The fourth-order valence-electron chi connectivity index (χ4n) is 1.54. The Labute approximate surface area is 105 Å². The maximum absolute atomic E-state index is 10.9. The predicted octanol–water partition coefficient (Wildman–Crippen LogP) is 2.64. The zero-order valence-electron chi connectivity index (χ0n) is 11.5. The largest absolute Gasteiger partial charge is 0.463 e. The van der Waals surface area contributed by atoms with Gasteiger partial charge in [0.1, 0.15) is 0 Å². The number of carbonyl (C=O) groups is 1. The Morgan fingerprint density at radius 1 is 1.24 bits per heavy atom. The molecule has 5 heteroatoms. The van der Waals surface area contributed by atoms with Crippen molar-refractivity contribution in [2.75, 3.05) is 6.61 Å². The molecule has 17 heavy (non-hydrogen) atoms. The highest BCUT2D eigenvalue weighted by Crippen LogP contribution is 2.18. The Morgan fingerprint density at radius 3 is 2.06 bits per heavy atom. The Morgan fingerprint density at radius 2 is 1.71 bits per heavy atom. The van der Waals surface area contributed by atoms with Crippen LogP contribution in [0.3, 0.4) is 0 Å². The van der Waals surface area contributed by atoms with E-state index < -0.39 is 14.5 Å². The lowest BCUT2D eigenvalue weighted by Gasteiger charge is -2.30. The molecule has 0 aromatic heterocycles. The summed E-state index contributed by atoms with van der Waals surface area (Å²) in [7, 11) is -2.27.